The van der Waals surface area contributed by atoms with Gasteiger partial charge in [0.2, 0.25) is 0 Å². The minimum atomic E-state index is 0.486. The van der Waals surface area contributed by atoms with E-state index in [0.29, 0.717) is 17.9 Å². The minimum absolute atomic E-state index is 0.486. The Morgan fingerprint density at radius 2 is 2.33 bits per heavy atom. The fraction of sp³-hybridized carbons (Fsp3) is 0.667. The molecule has 0 amide bonds. The highest BCUT2D eigenvalue weighted by molar-refractivity contribution is 5.13. The molecule has 84 valence electrons. The lowest BCUT2D eigenvalue weighted by molar-refractivity contribution is 0.254. The summed E-state index contributed by atoms with van der Waals surface area (Å²) in [7, 11) is 0. The van der Waals surface area contributed by atoms with Gasteiger partial charge < -0.3 is 15.5 Å². The van der Waals surface area contributed by atoms with E-state index in [-0.39, 0.29) is 0 Å². The molecule has 0 bridgehead atoms. The highest BCUT2D eigenvalue weighted by Gasteiger charge is 2.30. The molecule has 1 aliphatic rings. The van der Waals surface area contributed by atoms with Gasteiger partial charge in [0.05, 0.1) is 0 Å². The number of hydrogen-bond acceptors (Lipinski definition) is 3. The summed E-state index contributed by atoms with van der Waals surface area (Å²) in [6.45, 7) is 5.94. The van der Waals surface area contributed by atoms with E-state index in [1.54, 1.807) is 0 Å². The second kappa shape index (κ2) is 4.37. The monoisotopic (exact) mass is 208 g/mol. The second-order valence-electron chi connectivity index (χ2n) is 4.60. The van der Waals surface area contributed by atoms with E-state index in [1.165, 1.54) is 0 Å². The first-order valence-electron chi connectivity index (χ1n) is 5.70. The summed E-state index contributed by atoms with van der Waals surface area (Å²) in [5.41, 5.74) is 5.80. The van der Waals surface area contributed by atoms with Crippen LogP contribution < -0.4 is 11.1 Å². The third-order valence-corrected chi connectivity index (χ3v) is 3.33. The van der Waals surface area contributed by atoms with Crippen molar-refractivity contribution < 1.29 is 4.42 Å². The van der Waals surface area contributed by atoms with E-state index >= 15 is 0 Å². The van der Waals surface area contributed by atoms with Gasteiger partial charge in [-0.1, -0.05) is 0 Å². The number of nitrogens with one attached hydrogen (secondary N) is 1. The van der Waals surface area contributed by atoms with Crippen LogP contribution in [0.3, 0.4) is 0 Å². The van der Waals surface area contributed by atoms with Crippen molar-refractivity contribution in [3.8, 4) is 0 Å². The molecule has 1 aromatic heterocycles. The van der Waals surface area contributed by atoms with Crippen molar-refractivity contribution in [2.24, 2.45) is 11.7 Å². The van der Waals surface area contributed by atoms with Gasteiger partial charge in [0.1, 0.15) is 11.5 Å². The maximum atomic E-state index is 5.80. The van der Waals surface area contributed by atoms with Crippen LogP contribution >= 0.6 is 0 Å². The van der Waals surface area contributed by atoms with Gasteiger partial charge in [-0.05, 0) is 44.9 Å². The van der Waals surface area contributed by atoms with E-state index in [9.17, 15) is 0 Å². The summed E-state index contributed by atoms with van der Waals surface area (Å²) in [4.78, 5) is 0. The van der Waals surface area contributed by atoms with Gasteiger partial charge in [-0.3, -0.25) is 0 Å². The van der Waals surface area contributed by atoms with Crippen LogP contribution in [-0.4, -0.2) is 19.1 Å². The third kappa shape index (κ3) is 2.24. The van der Waals surface area contributed by atoms with Gasteiger partial charge in [-0.15, -0.1) is 0 Å². The van der Waals surface area contributed by atoms with E-state index in [0.717, 1.165) is 31.0 Å². The first-order valence-corrected chi connectivity index (χ1v) is 5.70. The lowest BCUT2D eigenvalue weighted by Crippen LogP contribution is -2.44. The Hall–Kier alpha value is -0.800. The van der Waals surface area contributed by atoms with E-state index in [1.807, 2.05) is 13.0 Å². The number of aryl methyl sites for hydroxylation is 1. The largest absolute Gasteiger partial charge is 0.466 e. The second-order valence-corrected chi connectivity index (χ2v) is 4.60. The summed E-state index contributed by atoms with van der Waals surface area (Å²) >= 11 is 0. The molecule has 3 unspecified atom stereocenters. The first kappa shape index (κ1) is 10.7. The highest BCUT2D eigenvalue weighted by Crippen LogP contribution is 2.32. The van der Waals surface area contributed by atoms with Crippen LogP contribution in [0.5, 0.6) is 0 Å². The molecule has 0 aliphatic carbocycles. The zero-order chi connectivity index (χ0) is 10.8. The molecular formula is C12H20N2O. The summed E-state index contributed by atoms with van der Waals surface area (Å²) in [6, 6.07) is 4.69. The molecule has 3 nitrogen and oxygen atoms in total. The lowest BCUT2D eigenvalue weighted by Gasteiger charge is -2.33. The van der Waals surface area contributed by atoms with Crippen LogP contribution in [0.2, 0.25) is 0 Å². The molecule has 3 atom stereocenters. The fourth-order valence-electron chi connectivity index (χ4n) is 2.40. The Labute approximate surface area is 91.0 Å². The van der Waals surface area contributed by atoms with Gasteiger partial charge in [0, 0.05) is 18.5 Å². The van der Waals surface area contributed by atoms with Crippen molar-refractivity contribution in [3.05, 3.63) is 23.7 Å². The molecule has 2 rings (SSSR count). The van der Waals surface area contributed by atoms with Gasteiger partial charge >= 0.3 is 0 Å². The van der Waals surface area contributed by atoms with Crippen molar-refractivity contribution in [1.29, 1.82) is 0 Å². The lowest BCUT2D eigenvalue weighted by atomic mass is 9.82. The van der Waals surface area contributed by atoms with Crippen molar-refractivity contribution >= 4 is 0 Å². The standard InChI is InChI=1S/C12H20N2O/c1-8-5-11(10(6-13)7-14-8)12-4-3-9(2)15-12/h3-4,8,10-11,14H,5-7,13H2,1-2H3. The SMILES string of the molecule is Cc1ccc(C2CC(C)NCC2CN)o1. The number of hydrogen-bond donors (Lipinski definition) is 2. The van der Waals surface area contributed by atoms with Crippen LogP contribution in [-0.2, 0) is 0 Å². The summed E-state index contributed by atoms with van der Waals surface area (Å²) in [6.07, 6.45) is 1.12. The molecular weight excluding hydrogens is 188 g/mol. The zero-order valence-corrected chi connectivity index (χ0v) is 9.49. The Balaban J connectivity index is 2.16. The molecule has 1 aromatic rings. The topological polar surface area (TPSA) is 51.2 Å². The molecule has 1 saturated heterocycles. The average Bonchev–Trinajstić information content (AvgIpc) is 2.65. The minimum Gasteiger partial charge on any atom is -0.466 e. The predicted molar refractivity (Wildman–Crippen MR) is 60.8 cm³/mol. The summed E-state index contributed by atoms with van der Waals surface area (Å²) < 4.78 is 5.72. The smallest absolute Gasteiger partial charge is 0.107 e. The molecule has 3 N–H and O–H groups in total. The normalized spacial score (nSPS) is 31.8. The van der Waals surface area contributed by atoms with Gasteiger partial charge in [0.25, 0.3) is 0 Å². The van der Waals surface area contributed by atoms with E-state index < -0.39 is 0 Å². The first-order chi connectivity index (χ1) is 7.20. The Kier molecular flexibility index (Phi) is 3.12. The maximum Gasteiger partial charge on any atom is 0.107 e. The van der Waals surface area contributed by atoms with Crippen molar-refractivity contribution in [1.82, 2.24) is 5.32 Å². The average molecular weight is 208 g/mol. The van der Waals surface area contributed by atoms with Crippen molar-refractivity contribution in [3.63, 3.8) is 0 Å². The molecule has 1 aliphatic heterocycles. The molecule has 15 heavy (non-hydrogen) atoms. The highest BCUT2D eigenvalue weighted by atomic mass is 16.3. The zero-order valence-electron chi connectivity index (χ0n) is 9.49. The van der Waals surface area contributed by atoms with Crippen LogP contribution in [0.25, 0.3) is 0 Å². The maximum absolute atomic E-state index is 5.80. The van der Waals surface area contributed by atoms with Crippen LogP contribution in [0.4, 0.5) is 0 Å². The molecule has 0 spiro atoms. The number of furan rings is 1. The third-order valence-electron chi connectivity index (χ3n) is 3.33. The predicted octanol–water partition coefficient (Wildman–Crippen LogP) is 1.63. The molecule has 2 heterocycles. The van der Waals surface area contributed by atoms with Crippen LogP contribution in [0.1, 0.15) is 30.8 Å². The van der Waals surface area contributed by atoms with Crippen LogP contribution in [0, 0.1) is 12.8 Å². The quantitative estimate of drug-likeness (QED) is 0.776. The van der Waals surface area contributed by atoms with Crippen molar-refractivity contribution in [2.75, 3.05) is 13.1 Å². The summed E-state index contributed by atoms with van der Waals surface area (Å²) in [5, 5.41) is 3.47. The Morgan fingerprint density at radius 1 is 1.53 bits per heavy atom. The van der Waals surface area contributed by atoms with E-state index in [2.05, 4.69) is 18.3 Å². The fourth-order valence-corrected chi connectivity index (χ4v) is 2.40. The van der Waals surface area contributed by atoms with Gasteiger partial charge in [-0.25, -0.2) is 0 Å². The summed E-state index contributed by atoms with van der Waals surface area (Å²) in [5.74, 6) is 3.09. The number of piperidine rings is 1. The van der Waals surface area contributed by atoms with Crippen molar-refractivity contribution in [2.45, 2.75) is 32.2 Å². The Bertz CT molecular complexity index is 321. The Morgan fingerprint density at radius 3 is 2.93 bits per heavy atom. The van der Waals surface area contributed by atoms with Crippen LogP contribution in [0.15, 0.2) is 16.5 Å². The number of nitrogens with two attached hydrogens (primary N) is 1. The van der Waals surface area contributed by atoms with Gasteiger partial charge in [0.15, 0.2) is 0 Å². The molecule has 1 fully saturated rings. The van der Waals surface area contributed by atoms with E-state index in [4.69, 9.17) is 10.2 Å². The molecule has 0 saturated carbocycles. The molecule has 0 radical (unpaired) electrons. The molecule has 3 heteroatoms. The van der Waals surface area contributed by atoms with Gasteiger partial charge in [-0.2, -0.15) is 0 Å². The molecule has 0 aromatic carbocycles. The number of rotatable bonds is 2.